The first kappa shape index (κ1) is 20.8. The number of Topliss-reactive ketones (excluding diaryl/α,β-unsaturated/α-hetero) is 1. The van der Waals surface area contributed by atoms with Crippen molar-refractivity contribution in [1.29, 1.82) is 5.26 Å². The van der Waals surface area contributed by atoms with Crippen molar-refractivity contribution in [2.75, 3.05) is 5.32 Å². The van der Waals surface area contributed by atoms with E-state index >= 15 is 0 Å². The second-order valence-electron chi connectivity index (χ2n) is 6.48. The summed E-state index contributed by atoms with van der Waals surface area (Å²) >= 11 is 0. The average Bonchev–Trinajstić information content (AvgIpc) is 3.01. The van der Waals surface area contributed by atoms with Gasteiger partial charge in [-0.05, 0) is 50.2 Å². The molecule has 0 fully saturated rings. The highest BCUT2D eigenvalue weighted by atomic mass is 19.4. The molecule has 152 valence electrons. The number of aromatic nitrogens is 2. The number of hydrogen-bond donors (Lipinski definition) is 1. The van der Waals surface area contributed by atoms with Crippen LogP contribution in [0.3, 0.4) is 0 Å². The molecule has 0 aliphatic rings. The van der Waals surface area contributed by atoms with E-state index < -0.39 is 23.4 Å². The van der Waals surface area contributed by atoms with E-state index in [1.54, 1.807) is 12.1 Å². The van der Waals surface area contributed by atoms with Crippen molar-refractivity contribution in [3.8, 4) is 11.8 Å². The van der Waals surface area contributed by atoms with Crippen LogP contribution in [0.25, 0.3) is 5.69 Å². The molecule has 6 nitrogen and oxygen atoms in total. The van der Waals surface area contributed by atoms with Gasteiger partial charge in [0.05, 0.1) is 39.8 Å². The smallest absolute Gasteiger partial charge is 0.319 e. The summed E-state index contributed by atoms with van der Waals surface area (Å²) in [7, 11) is 0. The Bertz CT molecular complexity index is 1190. The summed E-state index contributed by atoms with van der Waals surface area (Å²) in [6.07, 6.45) is -4.53. The van der Waals surface area contributed by atoms with Crippen molar-refractivity contribution in [3.63, 3.8) is 0 Å². The Labute approximate surface area is 169 Å². The Morgan fingerprint density at radius 1 is 1.10 bits per heavy atom. The minimum absolute atomic E-state index is 0.00125. The molecule has 0 saturated heterocycles. The van der Waals surface area contributed by atoms with E-state index in [1.807, 2.05) is 6.07 Å². The van der Waals surface area contributed by atoms with Crippen molar-refractivity contribution in [2.24, 2.45) is 0 Å². The number of hydrogen-bond acceptors (Lipinski definition) is 4. The van der Waals surface area contributed by atoms with Gasteiger partial charge in [0.25, 0.3) is 11.7 Å². The van der Waals surface area contributed by atoms with E-state index in [9.17, 15) is 22.8 Å². The van der Waals surface area contributed by atoms with Crippen LogP contribution in [0, 0.1) is 25.2 Å². The minimum Gasteiger partial charge on any atom is -0.319 e. The van der Waals surface area contributed by atoms with Gasteiger partial charge in [-0.1, -0.05) is 12.1 Å². The van der Waals surface area contributed by atoms with Gasteiger partial charge in [0.2, 0.25) is 0 Å². The first-order chi connectivity index (χ1) is 14.1. The van der Waals surface area contributed by atoms with Crippen LogP contribution in [-0.2, 0) is 11.0 Å². The second kappa shape index (κ2) is 7.83. The molecule has 0 aliphatic heterocycles. The maximum absolute atomic E-state index is 13.0. The summed E-state index contributed by atoms with van der Waals surface area (Å²) in [5.41, 5.74) is 0.287. The topological polar surface area (TPSA) is 87.8 Å². The zero-order chi connectivity index (χ0) is 22.1. The maximum Gasteiger partial charge on any atom is 0.416 e. The highest BCUT2D eigenvalue weighted by molar-refractivity contribution is 6.47. The lowest BCUT2D eigenvalue weighted by molar-refractivity contribution is -0.137. The summed E-state index contributed by atoms with van der Waals surface area (Å²) < 4.78 is 40.2. The van der Waals surface area contributed by atoms with E-state index in [-0.39, 0.29) is 28.3 Å². The quantitative estimate of drug-likeness (QED) is 0.514. The van der Waals surface area contributed by atoms with Crippen molar-refractivity contribution in [3.05, 3.63) is 76.6 Å². The fourth-order valence-electron chi connectivity index (χ4n) is 3.00. The van der Waals surface area contributed by atoms with Gasteiger partial charge in [0.15, 0.2) is 0 Å². The molecular formula is C21H15F3N4O2. The lowest BCUT2D eigenvalue weighted by Gasteiger charge is -2.10. The number of carbonyl (C=O) groups is 2. The van der Waals surface area contributed by atoms with E-state index in [1.165, 1.54) is 42.8 Å². The fourth-order valence-corrected chi connectivity index (χ4v) is 3.00. The molecule has 1 aromatic heterocycles. The highest BCUT2D eigenvalue weighted by Crippen LogP contribution is 2.31. The van der Waals surface area contributed by atoms with Gasteiger partial charge in [0.1, 0.15) is 0 Å². The van der Waals surface area contributed by atoms with Gasteiger partial charge in [-0.15, -0.1) is 0 Å². The molecule has 0 atom stereocenters. The molecule has 30 heavy (non-hydrogen) atoms. The maximum atomic E-state index is 13.0. The summed E-state index contributed by atoms with van der Waals surface area (Å²) in [5, 5.41) is 15.5. The van der Waals surface area contributed by atoms with Crippen molar-refractivity contribution >= 4 is 17.4 Å². The number of benzene rings is 2. The van der Waals surface area contributed by atoms with Crippen LogP contribution in [0.4, 0.5) is 18.9 Å². The highest BCUT2D eigenvalue weighted by Gasteiger charge is 2.31. The Morgan fingerprint density at radius 3 is 2.47 bits per heavy atom. The summed E-state index contributed by atoms with van der Waals surface area (Å²) in [6.45, 7) is 2.99. The predicted molar refractivity (Wildman–Crippen MR) is 102 cm³/mol. The van der Waals surface area contributed by atoms with Gasteiger partial charge in [-0.3, -0.25) is 9.59 Å². The molecule has 1 amide bonds. The Morgan fingerprint density at radius 2 is 1.80 bits per heavy atom. The van der Waals surface area contributed by atoms with E-state index in [0.29, 0.717) is 5.56 Å². The third-order valence-corrected chi connectivity index (χ3v) is 4.39. The average molecular weight is 412 g/mol. The zero-order valence-corrected chi connectivity index (χ0v) is 15.9. The summed E-state index contributed by atoms with van der Waals surface area (Å²) in [4.78, 5) is 25.1. The van der Waals surface area contributed by atoms with Gasteiger partial charge in [-0.2, -0.15) is 23.5 Å². The zero-order valence-electron chi connectivity index (χ0n) is 15.9. The monoisotopic (exact) mass is 412 g/mol. The SMILES string of the molecule is Cc1nn(-c2cccc(C(F)(F)F)c2)c(C)c1C(=O)C(=O)Nc1cccc(C#N)c1. The van der Waals surface area contributed by atoms with Gasteiger partial charge in [-0.25, -0.2) is 4.68 Å². The molecule has 0 spiro atoms. The van der Waals surface area contributed by atoms with Gasteiger partial charge >= 0.3 is 6.18 Å². The third-order valence-electron chi connectivity index (χ3n) is 4.39. The first-order valence-corrected chi connectivity index (χ1v) is 8.71. The molecular weight excluding hydrogens is 397 g/mol. The van der Waals surface area contributed by atoms with Gasteiger partial charge in [0, 0.05) is 5.69 Å². The molecule has 3 aromatic rings. The molecule has 2 aromatic carbocycles. The van der Waals surface area contributed by atoms with Crippen molar-refractivity contribution in [1.82, 2.24) is 9.78 Å². The Kier molecular flexibility index (Phi) is 5.43. The number of nitrogens with one attached hydrogen (secondary N) is 1. The number of ketones is 1. The number of amides is 1. The second-order valence-corrected chi connectivity index (χ2v) is 6.48. The van der Waals surface area contributed by atoms with Crippen LogP contribution in [0.2, 0.25) is 0 Å². The lowest BCUT2D eigenvalue weighted by atomic mass is 10.1. The molecule has 0 aliphatic carbocycles. The molecule has 1 heterocycles. The molecule has 0 radical (unpaired) electrons. The fraction of sp³-hybridized carbons (Fsp3) is 0.143. The number of anilines is 1. The molecule has 0 bridgehead atoms. The first-order valence-electron chi connectivity index (χ1n) is 8.71. The van der Waals surface area contributed by atoms with E-state index in [4.69, 9.17) is 5.26 Å². The van der Waals surface area contributed by atoms with Crippen LogP contribution >= 0.6 is 0 Å². The number of nitriles is 1. The normalized spacial score (nSPS) is 11.1. The van der Waals surface area contributed by atoms with Crippen LogP contribution in [0.1, 0.15) is 32.9 Å². The standard InChI is InChI=1S/C21H15F3N4O2/c1-12-18(19(29)20(30)26-16-7-3-5-14(9-16)11-25)13(2)28(27-12)17-8-4-6-15(10-17)21(22,23)24/h3-10H,1-2H3,(H,26,30). The Hall–Kier alpha value is -3.93. The number of alkyl halides is 3. The molecule has 9 heteroatoms. The Balaban J connectivity index is 1.93. The molecule has 1 N–H and O–H groups in total. The number of aryl methyl sites for hydroxylation is 1. The van der Waals surface area contributed by atoms with E-state index in [0.717, 1.165) is 12.1 Å². The summed E-state index contributed by atoms with van der Waals surface area (Å²) in [6, 6.07) is 12.5. The minimum atomic E-state index is -4.53. The predicted octanol–water partition coefficient (Wildman–Crippen LogP) is 4.20. The molecule has 0 saturated carbocycles. The van der Waals surface area contributed by atoms with Gasteiger partial charge < -0.3 is 5.32 Å². The van der Waals surface area contributed by atoms with Crippen LogP contribution in [0.15, 0.2) is 48.5 Å². The van der Waals surface area contributed by atoms with Crippen molar-refractivity contribution < 1.29 is 22.8 Å². The largest absolute Gasteiger partial charge is 0.416 e. The van der Waals surface area contributed by atoms with Crippen LogP contribution in [0.5, 0.6) is 0 Å². The summed E-state index contributed by atoms with van der Waals surface area (Å²) in [5.74, 6) is -1.83. The van der Waals surface area contributed by atoms with E-state index in [2.05, 4.69) is 10.4 Å². The number of carbonyl (C=O) groups excluding carboxylic acids is 2. The van der Waals surface area contributed by atoms with Crippen LogP contribution < -0.4 is 5.32 Å². The number of nitrogens with zero attached hydrogens (tertiary/aromatic N) is 3. The van der Waals surface area contributed by atoms with Crippen LogP contribution in [-0.4, -0.2) is 21.5 Å². The number of halogens is 3. The molecule has 0 unspecified atom stereocenters. The number of rotatable bonds is 4. The molecule has 3 rings (SSSR count). The third kappa shape index (κ3) is 4.07. The van der Waals surface area contributed by atoms with Crippen molar-refractivity contribution in [2.45, 2.75) is 20.0 Å². The lowest BCUT2D eigenvalue weighted by Crippen LogP contribution is -2.24.